The van der Waals surface area contributed by atoms with Crippen LogP contribution in [0.3, 0.4) is 0 Å². The van der Waals surface area contributed by atoms with Gasteiger partial charge in [-0.3, -0.25) is 4.79 Å². The lowest BCUT2D eigenvalue weighted by atomic mass is 10.2. The molecule has 2 aromatic carbocycles. The highest BCUT2D eigenvalue weighted by molar-refractivity contribution is 7.90. The monoisotopic (exact) mass is 363 g/mol. The van der Waals surface area contributed by atoms with E-state index in [0.29, 0.717) is 16.9 Å². The number of sulfone groups is 1. The molecule has 2 N–H and O–H groups in total. The fourth-order valence-corrected chi connectivity index (χ4v) is 2.80. The Balaban J connectivity index is 1.99. The van der Waals surface area contributed by atoms with Crippen LogP contribution < -0.4 is 10.6 Å². The van der Waals surface area contributed by atoms with Crippen LogP contribution in [0.15, 0.2) is 47.4 Å². The van der Waals surface area contributed by atoms with Crippen molar-refractivity contribution in [2.45, 2.75) is 4.90 Å². The first-order valence-corrected chi connectivity index (χ1v) is 9.10. The maximum Gasteiger partial charge on any atom is 0.243 e. The van der Waals surface area contributed by atoms with Gasteiger partial charge in [-0.15, -0.1) is 0 Å². The topological polar surface area (TPSA) is 99.1 Å². The van der Waals surface area contributed by atoms with E-state index in [0.717, 1.165) is 6.26 Å². The molecular formula is C16H14ClN3O3S. The normalized spacial score (nSPS) is 10.7. The van der Waals surface area contributed by atoms with Gasteiger partial charge in [0.05, 0.1) is 22.0 Å². The predicted molar refractivity (Wildman–Crippen MR) is 92.8 cm³/mol. The van der Waals surface area contributed by atoms with Gasteiger partial charge in [-0.2, -0.15) is 5.26 Å². The summed E-state index contributed by atoms with van der Waals surface area (Å²) in [5.41, 5.74) is 1.31. The molecule has 24 heavy (non-hydrogen) atoms. The number of carbonyl (C=O) groups excluding carboxylic acids is 1. The van der Waals surface area contributed by atoms with Gasteiger partial charge >= 0.3 is 0 Å². The third kappa shape index (κ3) is 4.72. The maximum absolute atomic E-state index is 11.9. The minimum Gasteiger partial charge on any atom is -0.376 e. The van der Waals surface area contributed by atoms with E-state index in [1.165, 1.54) is 24.3 Å². The van der Waals surface area contributed by atoms with Gasteiger partial charge in [0.1, 0.15) is 6.07 Å². The van der Waals surface area contributed by atoms with Crippen LogP contribution in [0.4, 0.5) is 11.4 Å². The summed E-state index contributed by atoms with van der Waals surface area (Å²) in [6.07, 6.45) is 1.12. The lowest BCUT2D eigenvalue weighted by molar-refractivity contribution is -0.114. The Bertz CT molecular complexity index is 920. The SMILES string of the molecule is CS(=O)(=O)c1cccc(NCC(=O)Nc2ccc(C#N)c(Cl)c2)c1. The highest BCUT2D eigenvalue weighted by Gasteiger charge is 2.09. The van der Waals surface area contributed by atoms with Gasteiger partial charge < -0.3 is 10.6 Å². The zero-order valence-electron chi connectivity index (χ0n) is 12.7. The number of nitrogens with zero attached hydrogens (tertiary/aromatic N) is 1. The van der Waals surface area contributed by atoms with Crippen LogP contribution in [-0.2, 0) is 14.6 Å². The Morgan fingerprint density at radius 2 is 1.96 bits per heavy atom. The molecule has 0 aliphatic rings. The molecule has 0 aliphatic heterocycles. The average Bonchev–Trinajstić information content (AvgIpc) is 2.53. The molecular weight excluding hydrogens is 350 g/mol. The van der Waals surface area contributed by atoms with Crippen molar-refractivity contribution in [1.29, 1.82) is 5.26 Å². The van der Waals surface area contributed by atoms with E-state index < -0.39 is 9.84 Å². The Labute approximate surface area is 145 Å². The average molecular weight is 364 g/mol. The predicted octanol–water partition coefficient (Wildman–Crippen LogP) is 2.67. The van der Waals surface area contributed by atoms with Crippen molar-refractivity contribution < 1.29 is 13.2 Å². The van der Waals surface area contributed by atoms with E-state index in [2.05, 4.69) is 10.6 Å². The van der Waals surface area contributed by atoms with Crippen molar-refractivity contribution in [1.82, 2.24) is 0 Å². The molecule has 0 radical (unpaired) electrons. The van der Waals surface area contributed by atoms with Crippen LogP contribution in [0.25, 0.3) is 0 Å². The summed E-state index contributed by atoms with van der Waals surface area (Å²) < 4.78 is 23.0. The molecule has 8 heteroatoms. The molecule has 0 aliphatic carbocycles. The molecule has 0 bridgehead atoms. The highest BCUT2D eigenvalue weighted by atomic mass is 35.5. The van der Waals surface area contributed by atoms with Gasteiger partial charge in [0.15, 0.2) is 9.84 Å². The second kappa shape index (κ2) is 7.34. The number of rotatable bonds is 5. The molecule has 0 atom stereocenters. The minimum atomic E-state index is -3.31. The summed E-state index contributed by atoms with van der Waals surface area (Å²) in [5.74, 6) is -0.333. The molecule has 0 spiro atoms. The second-order valence-electron chi connectivity index (χ2n) is 5.01. The Kier molecular flexibility index (Phi) is 5.44. The van der Waals surface area contributed by atoms with Crippen molar-refractivity contribution in [3.63, 3.8) is 0 Å². The molecule has 0 heterocycles. The van der Waals surface area contributed by atoms with E-state index >= 15 is 0 Å². The number of carbonyl (C=O) groups is 1. The van der Waals surface area contributed by atoms with Crippen molar-refractivity contribution in [2.75, 3.05) is 23.4 Å². The molecule has 6 nitrogen and oxygen atoms in total. The number of nitriles is 1. The summed E-state index contributed by atoms with van der Waals surface area (Å²) in [6.45, 7) is -0.0508. The van der Waals surface area contributed by atoms with Gasteiger partial charge in [-0.1, -0.05) is 17.7 Å². The van der Waals surface area contributed by atoms with E-state index in [-0.39, 0.29) is 22.4 Å². The van der Waals surface area contributed by atoms with Gasteiger partial charge in [0.2, 0.25) is 5.91 Å². The van der Waals surface area contributed by atoms with E-state index in [4.69, 9.17) is 16.9 Å². The van der Waals surface area contributed by atoms with Crippen molar-refractivity contribution in [3.8, 4) is 6.07 Å². The van der Waals surface area contributed by atoms with Crippen LogP contribution in [0, 0.1) is 11.3 Å². The van der Waals surface area contributed by atoms with Gasteiger partial charge in [0, 0.05) is 17.6 Å². The number of nitrogens with one attached hydrogen (secondary N) is 2. The highest BCUT2D eigenvalue weighted by Crippen LogP contribution is 2.20. The summed E-state index contributed by atoms with van der Waals surface area (Å²) in [4.78, 5) is 12.1. The van der Waals surface area contributed by atoms with Crippen LogP contribution in [0.2, 0.25) is 5.02 Å². The lowest BCUT2D eigenvalue weighted by Crippen LogP contribution is -2.21. The number of halogens is 1. The minimum absolute atomic E-state index is 0.0508. The molecule has 124 valence electrons. The lowest BCUT2D eigenvalue weighted by Gasteiger charge is -2.09. The van der Waals surface area contributed by atoms with Gasteiger partial charge in [0.25, 0.3) is 0 Å². The molecule has 2 aromatic rings. The largest absolute Gasteiger partial charge is 0.376 e. The summed E-state index contributed by atoms with van der Waals surface area (Å²) >= 11 is 5.90. The first-order valence-electron chi connectivity index (χ1n) is 6.83. The van der Waals surface area contributed by atoms with Crippen molar-refractivity contribution in [3.05, 3.63) is 53.1 Å². The fourth-order valence-electron chi connectivity index (χ4n) is 1.91. The molecule has 2 rings (SSSR count). The van der Waals surface area contributed by atoms with Crippen LogP contribution >= 0.6 is 11.6 Å². The fraction of sp³-hybridized carbons (Fsp3) is 0.125. The molecule has 1 amide bonds. The van der Waals surface area contributed by atoms with Gasteiger partial charge in [-0.25, -0.2) is 8.42 Å². The molecule has 0 saturated heterocycles. The quantitative estimate of drug-likeness (QED) is 0.850. The van der Waals surface area contributed by atoms with Crippen LogP contribution in [0.1, 0.15) is 5.56 Å². The zero-order valence-corrected chi connectivity index (χ0v) is 14.3. The van der Waals surface area contributed by atoms with Crippen LogP contribution in [0.5, 0.6) is 0 Å². The second-order valence-corrected chi connectivity index (χ2v) is 7.43. The molecule has 0 unspecified atom stereocenters. The third-order valence-corrected chi connectivity index (χ3v) is 4.51. The number of hydrogen-bond acceptors (Lipinski definition) is 5. The van der Waals surface area contributed by atoms with E-state index in [1.54, 1.807) is 18.2 Å². The first-order chi connectivity index (χ1) is 11.3. The Morgan fingerprint density at radius 3 is 2.58 bits per heavy atom. The number of anilines is 2. The smallest absolute Gasteiger partial charge is 0.243 e. The molecule has 0 saturated carbocycles. The van der Waals surface area contributed by atoms with Crippen molar-refractivity contribution >= 4 is 38.7 Å². The van der Waals surface area contributed by atoms with Gasteiger partial charge in [-0.05, 0) is 36.4 Å². The number of benzene rings is 2. The van der Waals surface area contributed by atoms with Crippen molar-refractivity contribution in [2.24, 2.45) is 0 Å². The Hall–Kier alpha value is -2.56. The zero-order chi connectivity index (χ0) is 17.7. The number of amides is 1. The molecule has 0 aromatic heterocycles. The third-order valence-electron chi connectivity index (χ3n) is 3.09. The Morgan fingerprint density at radius 1 is 1.21 bits per heavy atom. The summed E-state index contributed by atoms with van der Waals surface area (Å²) in [5, 5.41) is 14.5. The molecule has 0 fully saturated rings. The number of hydrogen-bond donors (Lipinski definition) is 2. The van der Waals surface area contributed by atoms with E-state index in [1.807, 2.05) is 6.07 Å². The maximum atomic E-state index is 11.9. The standard InChI is InChI=1S/C16H14ClN3O3S/c1-24(22,23)14-4-2-3-12(7-14)19-10-16(21)20-13-6-5-11(9-18)15(17)8-13/h2-8,19H,10H2,1H3,(H,20,21). The first kappa shape index (κ1) is 17.8. The summed E-state index contributed by atoms with van der Waals surface area (Å²) in [7, 11) is -3.31. The summed E-state index contributed by atoms with van der Waals surface area (Å²) in [6, 6.07) is 12.7. The van der Waals surface area contributed by atoms with Crippen LogP contribution in [-0.4, -0.2) is 27.1 Å². The van der Waals surface area contributed by atoms with E-state index in [9.17, 15) is 13.2 Å².